The van der Waals surface area contributed by atoms with E-state index in [2.05, 4.69) is 10.6 Å². The minimum Gasteiger partial charge on any atom is -0.457 e. The molecule has 0 bridgehead atoms. The van der Waals surface area contributed by atoms with Gasteiger partial charge < -0.3 is 15.4 Å². The lowest BCUT2D eigenvalue weighted by atomic mass is 10.1. The molecule has 0 spiro atoms. The Bertz CT molecular complexity index is 2060. The lowest BCUT2D eigenvalue weighted by Crippen LogP contribution is -2.29. The highest BCUT2D eigenvalue weighted by atomic mass is 16.5. The fourth-order valence-electron chi connectivity index (χ4n) is 5.02. The summed E-state index contributed by atoms with van der Waals surface area (Å²) in [6.45, 7) is 6.89. The number of ether oxygens (including phenoxy) is 1. The molecule has 2 aliphatic heterocycles. The van der Waals surface area contributed by atoms with Gasteiger partial charge in [-0.25, -0.2) is 9.80 Å². The monoisotopic (exact) mass is 712 g/mol. The molecule has 2 aliphatic rings. The van der Waals surface area contributed by atoms with Crippen molar-refractivity contribution in [3.05, 3.63) is 155 Å². The van der Waals surface area contributed by atoms with Crippen LogP contribution in [0.2, 0.25) is 0 Å². The van der Waals surface area contributed by atoms with Crippen molar-refractivity contribution in [1.82, 2.24) is 10.6 Å². The van der Waals surface area contributed by atoms with Gasteiger partial charge in [-0.15, -0.1) is 0 Å². The zero-order valence-corrected chi connectivity index (χ0v) is 30.3. The summed E-state index contributed by atoms with van der Waals surface area (Å²) >= 11 is 0. The quantitative estimate of drug-likeness (QED) is 0.193. The Morgan fingerprint density at radius 3 is 1.19 bits per heavy atom. The van der Waals surface area contributed by atoms with Gasteiger partial charge in [0.05, 0.1) is 33.6 Å². The van der Waals surface area contributed by atoms with E-state index in [-0.39, 0.29) is 35.4 Å². The highest BCUT2D eigenvalue weighted by Gasteiger charge is 2.37. The van der Waals surface area contributed by atoms with Crippen LogP contribution in [0.3, 0.4) is 0 Å². The van der Waals surface area contributed by atoms with Crippen LogP contribution < -0.4 is 25.2 Å². The van der Waals surface area contributed by atoms with Crippen LogP contribution in [0.25, 0.3) is 0 Å². The lowest BCUT2D eigenvalue weighted by molar-refractivity contribution is -0.119. The van der Waals surface area contributed by atoms with Gasteiger partial charge in [-0.3, -0.25) is 28.8 Å². The highest BCUT2D eigenvalue weighted by Crippen LogP contribution is 2.31. The van der Waals surface area contributed by atoms with Crippen molar-refractivity contribution < 1.29 is 33.5 Å². The maximum absolute atomic E-state index is 12.5. The minimum absolute atomic E-state index is 0.00463. The number of nitrogens with zero attached hydrogens (tertiary/aromatic N) is 2. The van der Waals surface area contributed by atoms with Crippen LogP contribution >= 0.6 is 0 Å². The summed E-state index contributed by atoms with van der Waals surface area (Å²) in [6.07, 6.45) is 0. The number of carbonyl (C=O) groups excluding carboxylic acids is 6. The molecular weight excluding hydrogens is 672 g/mol. The Balaban J connectivity index is 0.000000195. The topological polar surface area (TPSA) is 142 Å². The van der Waals surface area contributed by atoms with Crippen molar-refractivity contribution in [3.63, 3.8) is 0 Å². The third-order valence-electron chi connectivity index (χ3n) is 7.90. The Morgan fingerprint density at radius 1 is 0.472 bits per heavy atom. The first-order valence-electron chi connectivity index (χ1n) is 16.6. The number of anilines is 2. The molecule has 5 aromatic rings. The lowest BCUT2D eigenvalue weighted by Gasteiger charge is -2.14. The molecule has 0 saturated carbocycles. The Labute approximate surface area is 308 Å². The number of fused-ring (bicyclic) bond motifs is 2. The maximum atomic E-state index is 12.5. The van der Waals surface area contributed by atoms with Crippen LogP contribution in [-0.4, -0.2) is 49.5 Å². The van der Waals surface area contributed by atoms with E-state index in [0.717, 1.165) is 16.9 Å². The summed E-state index contributed by atoms with van der Waals surface area (Å²) < 4.78 is 5.78. The molecule has 0 unspecified atom stereocenters. The largest absolute Gasteiger partial charge is 0.457 e. The second-order valence-electron chi connectivity index (χ2n) is 11.8. The summed E-state index contributed by atoms with van der Waals surface area (Å²) in [6, 6.07) is 35.8. The molecule has 0 fully saturated rings. The van der Waals surface area contributed by atoms with Crippen molar-refractivity contribution in [2.45, 2.75) is 27.7 Å². The third-order valence-corrected chi connectivity index (χ3v) is 7.90. The summed E-state index contributed by atoms with van der Waals surface area (Å²) in [5, 5.41) is 4.78. The molecule has 0 aliphatic carbocycles. The van der Waals surface area contributed by atoms with E-state index in [0.29, 0.717) is 39.4 Å². The van der Waals surface area contributed by atoms with Crippen LogP contribution in [0.5, 0.6) is 11.5 Å². The van der Waals surface area contributed by atoms with E-state index in [1.165, 1.54) is 23.6 Å². The van der Waals surface area contributed by atoms with E-state index in [1.54, 1.807) is 93.0 Å². The van der Waals surface area contributed by atoms with Gasteiger partial charge in [0, 0.05) is 27.9 Å². The first kappa shape index (κ1) is 38.9. The smallest absolute Gasteiger partial charge is 0.266 e. The van der Waals surface area contributed by atoms with Gasteiger partial charge in [0.1, 0.15) is 11.5 Å². The van der Waals surface area contributed by atoms with Gasteiger partial charge in [-0.1, -0.05) is 54.1 Å². The Hall–Kier alpha value is -6.88. The van der Waals surface area contributed by atoms with Crippen LogP contribution in [0.4, 0.5) is 11.4 Å². The zero-order valence-electron chi connectivity index (χ0n) is 30.3. The van der Waals surface area contributed by atoms with Gasteiger partial charge in [0.2, 0.25) is 11.8 Å². The van der Waals surface area contributed by atoms with Crippen molar-refractivity contribution in [1.29, 1.82) is 0 Å². The molecule has 2 heterocycles. The Kier molecular flexibility index (Phi) is 13.1. The number of rotatable bonds is 4. The predicted octanol–water partition coefficient (Wildman–Crippen LogP) is 6.89. The van der Waals surface area contributed by atoms with Crippen molar-refractivity contribution in [3.8, 4) is 11.5 Å². The fourth-order valence-corrected chi connectivity index (χ4v) is 5.02. The van der Waals surface area contributed by atoms with E-state index < -0.39 is 0 Å². The fraction of sp³-hybridized carbons (Fsp3) is 0.143. The average Bonchev–Trinajstić information content (AvgIpc) is 3.57. The van der Waals surface area contributed by atoms with Gasteiger partial charge in [0.25, 0.3) is 23.6 Å². The van der Waals surface area contributed by atoms with Gasteiger partial charge >= 0.3 is 0 Å². The first-order valence-corrected chi connectivity index (χ1v) is 16.6. The molecule has 0 aromatic heterocycles. The molecular formula is C42H40N4O7. The molecule has 270 valence electrons. The van der Waals surface area contributed by atoms with Crippen molar-refractivity contribution >= 4 is 46.8 Å². The molecule has 11 heteroatoms. The second kappa shape index (κ2) is 17.9. The zero-order chi connectivity index (χ0) is 38.7. The summed E-state index contributed by atoms with van der Waals surface area (Å²) in [7, 11) is 3.20. The molecule has 6 amide bonds. The molecule has 0 saturated heterocycles. The van der Waals surface area contributed by atoms with E-state index in [4.69, 9.17) is 4.74 Å². The van der Waals surface area contributed by atoms with E-state index in [9.17, 15) is 28.8 Å². The number of carbonyl (C=O) groups is 6. The molecule has 53 heavy (non-hydrogen) atoms. The number of aryl methyl sites for hydroxylation is 2. The number of hydrogen-bond donors (Lipinski definition) is 2. The van der Waals surface area contributed by atoms with Crippen LogP contribution in [0.15, 0.2) is 121 Å². The minimum atomic E-state index is -0.298. The van der Waals surface area contributed by atoms with Gasteiger partial charge in [0.15, 0.2) is 0 Å². The number of nitrogens with one attached hydrogen (secondary N) is 2. The molecule has 7 rings (SSSR count). The van der Waals surface area contributed by atoms with Crippen LogP contribution in [0, 0.1) is 13.8 Å². The number of benzene rings is 5. The first-order chi connectivity index (χ1) is 25.4. The number of hydrogen-bond acceptors (Lipinski definition) is 7. The molecule has 0 atom stereocenters. The molecule has 0 radical (unpaired) electrons. The SMILES string of the molecule is CNC(C)=O.CNC(C)=O.Cc1ccc(Oc2ccc(N3C(=O)c4ccccc4C3=O)cc2)cc1.Cc1cccc(N2C(=O)c3ccccc3C2=O)c1. The second-order valence-corrected chi connectivity index (χ2v) is 11.8. The predicted molar refractivity (Wildman–Crippen MR) is 204 cm³/mol. The van der Waals surface area contributed by atoms with E-state index in [1.807, 2.05) is 56.3 Å². The number of imide groups is 2. The van der Waals surface area contributed by atoms with E-state index >= 15 is 0 Å². The van der Waals surface area contributed by atoms with Crippen LogP contribution in [0.1, 0.15) is 66.4 Å². The molecule has 5 aromatic carbocycles. The van der Waals surface area contributed by atoms with Crippen molar-refractivity contribution in [2.24, 2.45) is 0 Å². The number of amides is 6. The van der Waals surface area contributed by atoms with Crippen LogP contribution in [-0.2, 0) is 9.59 Å². The summed E-state index contributed by atoms with van der Waals surface area (Å²) in [4.78, 5) is 71.3. The Morgan fingerprint density at radius 2 is 0.830 bits per heavy atom. The maximum Gasteiger partial charge on any atom is 0.266 e. The highest BCUT2D eigenvalue weighted by molar-refractivity contribution is 6.35. The average molecular weight is 713 g/mol. The van der Waals surface area contributed by atoms with Gasteiger partial charge in [-0.2, -0.15) is 0 Å². The summed E-state index contributed by atoms with van der Waals surface area (Å²) in [5.41, 5.74) is 5.16. The van der Waals surface area contributed by atoms with Crippen molar-refractivity contribution in [2.75, 3.05) is 23.9 Å². The van der Waals surface area contributed by atoms with Gasteiger partial charge in [-0.05, 0) is 92.2 Å². The summed E-state index contributed by atoms with van der Waals surface area (Å²) in [5.74, 6) is 0.293. The molecule has 11 nitrogen and oxygen atoms in total. The standard InChI is InChI=1S/C21H15NO3.C15H11NO2.2C3H7NO/c1-14-6-10-16(11-7-14)25-17-12-8-15(9-13-17)22-20(23)18-4-2-3-5-19(18)21(22)24;1-10-5-4-6-11(9-10)16-14(17)12-7-2-3-8-13(12)15(16)18;2*1-3(5)4-2/h2-13H,1H3;2-9H,1H3;2*1-2H3,(H,4,5). The normalized spacial score (nSPS) is 12.2. The third kappa shape index (κ3) is 9.67. The molecule has 2 N–H and O–H groups in total.